The third-order valence-electron chi connectivity index (χ3n) is 7.98. The number of phenolic OH excluding ortho intramolecular Hbond substituents is 1. The van der Waals surface area contributed by atoms with Crippen LogP contribution in [0, 0.1) is 0 Å². The van der Waals surface area contributed by atoms with E-state index in [1.54, 1.807) is 78.4 Å². The number of imidazole rings is 1. The lowest BCUT2D eigenvalue weighted by molar-refractivity contribution is 0.0982. The van der Waals surface area contributed by atoms with Crippen LogP contribution in [0.3, 0.4) is 0 Å². The number of aromatic hydroxyl groups is 1. The number of carbonyl (C=O) groups is 2. The van der Waals surface area contributed by atoms with Crippen molar-refractivity contribution < 1.29 is 28.9 Å². The highest BCUT2D eigenvalue weighted by Gasteiger charge is 2.36. The molecule has 0 saturated carbocycles. The number of carbonyl (C=O) groups excluding carboxylic acids is 2. The summed E-state index contributed by atoms with van der Waals surface area (Å²) in [6.45, 7) is 2.91. The summed E-state index contributed by atoms with van der Waals surface area (Å²) in [6, 6.07) is 17.5. The highest BCUT2D eigenvalue weighted by atomic mass is 35.5. The Balaban J connectivity index is 1.21. The van der Waals surface area contributed by atoms with Gasteiger partial charge in [0.15, 0.2) is 0 Å². The zero-order chi connectivity index (χ0) is 31.7. The summed E-state index contributed by atoms with van der Waals surface area (Å²) in [7, 11) is 3.23. The largest absolute Gasteiger partial charge is 0.507 e. The molecule has 45 heavy (non-hydrogen) atoms. The van der Waals surface area contributed by atoms with E-state index in [2.05, 4.69) is 10.3 Å². The van der Waals surface area contributed by atoms with E-state index in [4.69, 9.17) is 25.8 Å². The van der Waals surface area contributed by atoms with Gasteiger partial charge in [0.2, 0.25) is 0 Å². The molecule has 11 heteroatoms. The van der Waals surface area contributed by atoms with Crippen LogP contribution >= 0.6 is 11.6 Å². The number of hydrogen-bond donors (Lipinski definition) is 2. The molecule has 2 aromatic heterocycles. The fourth-order valence-corrected chi connectivity index (χ4v) is 5.99. The van der Waals surface area contributed by atoms with Gasteiger partial charge in [0.25, 0.3) is 11.8 Å². The molecule has 6 rings (SSSR count). The van der Waals surface area contributed by atoms with Gasteiger partial charge in [0.1, 0.15) is 28.6 Å². The Kier molecular flexibility index (Phi) is 8.51. The Hall–Kier alpha value is -4.80. The number of alkyl halides is 1. The molecule has 3 aromatic carbocycles. The van der Waals surface area contributed by atoms with Gasteiger partial charge in [0, 0.05) is 73.3 Å². The molecular formula is C34H33ClN4O6. The minimum absolute atomic E-state index is 0.0131. The van der Waals surface area contributed by atoms with E-state index in [0.717, 1.165) is 17.4 Å². The SMILES string of the molecule is COCC[C@H](C)Oc1ccc(C(=O)Nc2ccc3nc(C(=O)N4CC(CCl)c5c4cc(O)c4cccc(OC)c54)cn3c2)cc1. The fraction of sp³-hybridized carbons (Fsp3) is 0.265. The summed E-state index contributed by atoms with van der Waals surface area (Å²) in [5.74, 6) is 0.828. The van der Waals surface area contributed by atoms with Crippen LogP contribution in [0.15, 0.2) is 73.1 Å². The van der Waals surface area contributed by atoms with Gasteiger partial charge in [-0.15, -0.1) is 11.6 Å². The molecule has 0 spiro atoms. The van der Waals surface area contributed by atoms with Crippen molar-refractivity contribution in [1.82, 2.24) is 9.38 Å². The molecule has 232 valence electrons. The lowest BCUT2D eigenvalue weighted by atomic mass is 9.94. The molecule has 1 aliphatic heterocycles. The average Bonchev–Trinajstić information content (AvgIpc) is 3.65. The summed E-state index contributed by atoms with van der Waals surface area (Å²) in [5, 5.41) is 15.1. The number of benzene rings is 3. The van der Waals surface area contributed by atoms with Crippen molar-refractivity contribution in [3.8, 4) is 17.2 Å². The van der Waals surface area contributed by atoms with Crippen molar-refractivity contribution in [2.75, 3.05) is 43.5 Å². The molecule has 0 saturated heterocycles. The number of nitrogens with one attached hydrogen (secondary N) is 1. The second kappa shape index (κ2) is 12.7. The number of phenols is 1. The maximum atomic E-state index is 13.8. The molecule has 2 amide bonds. The average molecular weight is 629 g/mol. The molecule has 3 heterocycles. The van der Waals surface area contributed by atoms with Crippen molar-refractivity contribution in [2.24, 2.45) is 0 Å². The number of pyridine rings is 1. The number of aromatic nitrogens is 2. The molecule has 1 unspecified atom stereocenters. The zero-order valence-corrected chi connectivity index (χ0v) is 25.9. The van der Waals surface area contributed by atoms with E-state index < -0.39 is 0 Å². The van der Waals surface area contributed by atoms with Crippen LogP contribution in [0.1, 0.15) is 45.7 Å². The van der Waals surface area contributed by atoms with Crippen molar-refractivity contribution in [3.05, 3.63) is 89.9 Å². The molecule has 0 radical (unpaired) electrons. The summed E-state index contributed by atoms with van der Waals surface area (Å²) in [6.07, 6.45) is 4.08. The Labute approximate surface area is 265 Å². The topological polar surface area (TPSA) is 115 Å². The van der Waals surface area contributed by atoms with Crippen molar-refractivity contribution in [2.45, 2.75) is 25.4 Å². The van der Waals surface area contributed by atoms with Gasteiger partial charge in [-0.05, 0) is 55.0 Å². The van der Waals surface area contributed by atoms with Crippen molar-refractivity contribution in [1.29, 1.82) is 0 Å². The Morgan fingerprint density at radius 2 is 1.91 bits per heavy atom. The molecule has 2 N–H and O–H groups in total. The van der Waals surface area contributed by atoms with E-state index >= 15 is 0 Å². The van der Waals surface area contributed by atoms with Gasteiger partial charge in [-0.3, -0.25) is 9.59 Å². The molecule has 5 aromatic rings. The van der Waals surface area contributed by atoms with Gasteiger partial charge in [-0.25, -0.2) is 4.98 Å². The lowest BCUT2D eigenvalue weighted by Crippen LogP contribution is -2.30. The molecule has 0 aliphatic carbocycles. The van der Waals surface area contributed by atoms with Crippen molar-refractivity contribution in [3.63, 3.8) is 0 Å². The zero-order valence-electron chi connectivity index (χ0n) is 25.1. The predicted molar refractivity (Wildman–Crippen MR) is 173 cm³/mol. The van der Waals surface area contributed by atoms with Crippen LogP contribution in [0.25, 0.3) is 16.4 Å². The van der Waals surface area contributed by atoms with Gasteiger partial charge >= 0.3 is 0 Å². The predicted octanol–water partition coefficient (Wildman–Crippen LogP) is 6.24. The Bertz CT molecular complexity index is 1890. The summed E-state index contributed by atoms with van der Waals surface area (Å²) < 4.78 is 18.3. The number of rotatable bonds is 10. The first-order valence-corrected chi connectivity index (χ1v) is 15.1. The lowest BCUT2D eigenvalue weighted by Gasteiger charge is -2.17. The van der Waals surface area contributed by atoms with Crippen LogP contribution in [-0.4, -0.2) is 65.7 Å². The third kappa shape index (κ3) is 5.86. The molecule has 0 bridgehead atoms. The summed E-state index contributed by atoms with van der Waals surface area (Å²) in [4.78, 5) is 33.0. The van der Waals surface area contributed by atoms with E-state index in [9.17, 15) is 14.7 Å². The smallest absolute Gasteiger partial charge is 0.278 e. The number of amides is 2. The van der Waals surface area contributed by atoms with E-state index in [1.165, 1.54) is 0 Å². The molecule has 1 aliphatic rings. The minimum Gasteiger partial charge on any atom is -0.507 e. The van der Waals surface area contributed by atoms with E-state index in [1.807, 2.05) is 25.1 Å². The number of nitrogens with zero attached hydrogens (tertiary/aromatic N) is 3. The van der Waals surface area contributed by atoms with Gasteiger partial charge < -0.3 is 33.9 Å². The summed E-state index contributed by atoms with van der Waals surface area (Å²) in [5.41, 5.74) is 3.20. The van der Waals surface area contributed by atoms with Crippen LogP contribution in [0.2, 0.25) is 0 Å². The highest BCUT2D eigenvalue weighted by Crippen LogP contribution is 2.48. The van der Waals surface area contributed by atoms with Crippen LogP contribution in [0.4, 0.5) is 11.4 Å². The first-order chi connectivity index (χ1) is 21.8. The maximum absolute atomic E-state index is 13.8. The molecule has 10 nitrogen and oxygen atoms in total. The molecule has 0 fully saturated rings. The number of methoxy groups -OCH3 is 2. The van der Waals surface area contributed by atoms with Crippen LogP contribution in [0.5, 0.6) is 17.2 Å². The normalized spacial score (nSPS) is 14.8. The standard InChI is InChI=1S/C34H33ClN4O6/c1-20(13-14-43-2)45-24-10-7-21(8-11-24)33(41)36-23-9-12-30-37-26(19-38(30)18-23)34(42)39-17-22(16-35)31-27(39)15-28(40)25-5-4-6-29(44-3)32(25)31/h4-12,15,18-20,22,40H,13-14,16-17H2,1-3H3,(H,36,41)/t20-,22?/m0/s1. The fourth-order valence-electron chi connectivity index (χ4n) is 5.74. The summed E-state index contributed by atoms with van der Waals surface area (Å²) >= 11 is 6.39. The quantitative estimate of drug-likeness (QED) is 0.176. The van der Waals surface area contributed by atoms with Crippen molar-refractivity contribution >= 4 is 51.2 Å². The Morgan fingerprint density at radius 3 is 2.64 bits per heavy atom. The van der Waals surface area contributed by atoms with Crippen LogP contribution < -0.4 is 19.7 Å². The second-order valence-electron chi connectivity index (χ2n) is 11.0. The number of anilines is 2. The highest BCUT2D eigenvalue weighted by molar-refractivity contribution is 6.19. The molecule has 2 atom stereocenters. The maximum Gasteiger partial charge on any atom is 0.278 e. The number of ether oxygens (including phenoxy) is 3. The van der Waals surface area contributed by atoms with Gasteiger partial charge in [-0.1, -0.05) is 12.1 Å². The van der Waals surface area contributed by atoms with E-state index in [0.29, 0.717) is 52.6 Å². The molecular weight excluding hydrogens is 596 g/mol. The first kappa shape index (κ1) is 30.2. The van der Waals surface area contributed by atoms with Gasteiger partial charge in [0.05, 0.1) is 24.6 Å². The second-order valence-corrected chi connectivity index (χ2v) is 11.3. The number of fused-ring (bicyclic) bond motifs is 4. The number of halogens is 1. The van der Waals surface area contributed by atoms with Gasteiger partial charge in [-0.2, -0.15) is 0 Å². The van der Waals surface area contributed by atoms with E-state index in [-0.39, 0.29) is 41.2 Å². The monoisotopic (exact) mass is 628 g/mol. The minimum atomic E-state index is -0.328. The van der Waals surface area contributed by atoms with Crippen LogP contribution in [-0.2, 0) is 4.74 Å². The number of hydrogen-bond acceptors (Lipinski definition) is 7. The Morgan fingerprint density at radius 1 is 1.11 bits per heavy atom. The first-order valence-electron chi connectivity index (χ1n) is 14.6. The third-order valence-corrected chi connectivity index (χ3v) is 8.36.